The summed E-state index contributed by atoms with van der Waals surface area (Å²) in [5, 5.41) is 12.0. The standard InChI is InChI=1S/C23H27N5O5S2/c1-4-27(5-2)35(30,31)18-10-7-16(8-11-18)22-25-26-23(28(22)6-3)34-14-21(29)24-17-9-12-19-20(13-17)33-15-32-19/h7-13H,4-6,14-15H2,1-3H3,(H,24,29). The molecule has 2 aromatic carbocycles. The number of benzene rings is 2. The van der Waals surface area contributed by atoms with E-state index in [0.29, 0.717) is 47.8 Å². The summed E-state index contributed by atoms with van der Waals surface area (Å²) in [5.41, 5.74) is 1.37. The maximum Gasteiger partial charge on any atom is 0.243 e. The normalized spacial score (nSPS) is 12.8. The number of aromatic nitrogens is 3. The van der Waals surface area contributed by atoms with Crippen LogP contribution < -0.4 is 14.8 Å². The Bertz CT molecular complexity index is 1300. The van der Waals surface area contributed by atoms with E-state index < -0.39 is 10.0 Å². The summed E-state index contributed by atoms with van der Waals surface area (Å²) in [5.74, 6) is 1.82. The number of carbonyl (C=O) groups is 1. The third kappa shape index (κ3) is 5.29. The molecule has 0 saturated heterocycles. The summed E-state index contributed by atoms with van der Waals surface area (Å²) in [6.45, 7) is 7.17. The molecule has 1 aliphatic rings. The van der Waals surface area contributed by atoms with Crippen LogP contribution in [0.5, 0.6) is 11.5 Å². The summed E-state index contributed by atoms with van der Waals surface area (Å²) in [6.07, 6.45) is 0. The second kappa shape index (κ2) is 10.7. The zero-order chi connectivity index (χ0) is 25.0. The Balaban J connectivity index is 1.44. The SMILES string of the molecule is CCN(CC)S(=O)(=O)c1ccc(-c2nnc(SCC(=O)Nc3ccc4c(c3)OCO4)n2CC)cc1. The molecule has 10 nitrogen and oxygen atoms in total. The third-order valence-electron chi connectivity index (χ3n) is 5.48. The molecule has 35 heavy (non-hydrogen) atoms. The maximum absolute atomic E-state index is 12.7. The molecular formula is C23H27N5O5S2. The molecule has 0 atom stereocenters. The van der Waals surface area contributed by atoms with Crippen molar-refractivity contribution in [2.24, 2.45) is 0 Å². The topological polar surface area (TPSA) is 116 Å². The highest BCUT2D eigenvalue weighted by molar-refractivity contribution is 7.99. The van der Waals surface area contributed by atoms with E-state index in [2.05, 4.69) is 15.5 Å². The molecule has 4 rings (SSSR count). The van der Waals surface area contributed by atoms with Crippen LogP contribution in [0.15, 0.2) is 52.5 Å². The van der Waals surface area contributed by atoms with Gasteiger partial charge in [-0.2, -0.15) is 4.31 Å². The molecule has 2 heterocycles. The molecule has 0 bridgehead atoms. The number of ether oxygens (including phenoxy) is 2. The Morgan fingerprint density at radius 3 is 2.46 bits per heavy atom. The van der Waals surface area contributed by atoms with Crippen molar-refractivity contribution >= 4 is 33.4 Å². The quantitative estimate of drug-likeness (QED) is 0.407. The Morgan fingerprint density at radius 1 is 1.06 bits per heavy atom. The van der Waals surface area contributed by atoms with E-state index in [1.54, 1.807) is 42.5 Å². The van der Waals surface area contributed by atoms with Crippen LogP contribution in [0.4, 0.5) is 5.69 Å². The third-order valence-corrected chi connectivity index (χ3v) is 8.51. The predicted octanol–water partition coefficient (Wildman–Crippen LogP) is 3.46. The molecule has 0 saturated carbocycles. The van der Waals surface area contributed by atoms with Crippen molar-refractivity contribution in [2.75, 3.05) is 31.0 Å². The van der Waals surface area contributed by atoms with Gasteiger partial charge in [-0.25, -0.2) is 8.42 Å². The summed E-state index contributed by atoms with van der Waals surface area (Å²) in [7, 11) is -3.53. The lowest BCUT2D eigenvalue weighted by molar-refractivity contribution is -0.113. The lowest BCUT2D eigenvalue weighted by Gasteiger charge is -2.18. The molecule has 3 aromatic rings. The zero-order valence-electron chi connectivity index (χ0n) is 19.7. The molecule has 12 heteroatoms. The van der Waals surface area contributed by atoms with E-state index in [-0.39, 0.29) is 23.3 Å². The molecule has 0 fully saturated rings. The summed E-state index contributed by atoms with van der Waals surface area (Å²) < 4.78 is 39.4. The minimum atomic E-state index is -3.53. The number of rotatable bonds is 10. The Morgan fingerprint density at radius 2 is 1.77 bits per heavy atom. The molecule has 186 valence electrons. The van der Waals surface area contributed by atoms with Crippen molar-refractivity contribution in [1.29, 1.82) is 0 Å². The van der Waals surface area contributed by atoms with E-state index in [9.17, 15) is 13.2 Å². The highest BCUT2D eigenvalue weighted by Gasteiger charge is 2.22. The van der Waals surface area contributed by atoms with Gasteiger partial charge in [0.15, 0.2) is 22.5 Å². The molecule has 1 aliphatic heterocycles. The first-order valence-corrected chi connectivity index (χ1v) is 13.7. The van der Waals surface area contributed by atoms with Crippen molar-refractivity contribution in [3.8, 4) is 22.9 Å². The second-order valence-corrected chi connectivity index (χ2v) is 10.4. The van der Waals surface area contributed by atoms with E-state index in [4.69, 9.17) is 9.47 Å². The van der Waals surface area contributed by atoms with Crippen LogP contribution in [0.1, 0.15) is 20.8 Å². The fourth-order valence-corrected chi connectivity index (χ4v) is 5.94. The number of carbonyl (C=O) groups excluding carboxylic acids is 1. The number of anilines is 1. The number of fused-ring (bicyclic) bond motifs is 1. The van der Waals surface area contributed by atoms with Crippen molar-refractivity contribution in [1.82, 2.24) is 19.1 Å². The minimum Gasteiger partial charge on any atom is -0.454 e. The van der Waals surface area contributed by atoms with Crippen LogP contribution >= 0.6 is 11.8 Å². The average Bonchev–Trinajstić information content (AvgIpc) is 3.49. The fourth-order valence-electron chi connectivity index (χ4n) is 3.68. The maximum atomic E-state index is 12.7. The summed E-state index contributed by atoms with van der Waals surface area (Å²) >= 11 is 1.28. The monoisotopic (exact) mass is 517 g/mol. The van der Waals surface area contributed by atoms with Gasteiger partial charge in [0, 0.05) is 37.0 Å². The van der Waals surface area contributed by atoms with Crippen molar-refractivity contribution in [3.63, 3.8) is 0 Å². The predicted molar refractivity (Wildman–Crippen MR) is 133 cm³/mol. The van der Waals surface area contributed by atoms with Gasteiger partial charge in [-0.05, 0) is 43.3 Å². The molecule has 1 aromatic heterocycles. The van der Waals surface area contributed by atoms with Crippen molar-refractivity contribution < 1.29 is 22.7 Å². The molecule has 0 unspecified atom stereocenters. The smallest absolute Gasteiger partial charge is 0.243 e. The summed E-state index contributed by atoms with van der Waals surface area (Å²) in [4.78, 5) is 12.7. The van der Waals surface area contributed by atoms with Gasteiger partial charge in [-0.15, -0.1) is 10.2 Å². The van der Waals surface area contributed by atoms with Gasteiger partial charge in [-0.3, -0.25) is 4.79 Å². The fraction of sp³-hybridized carbons (Fsp3) is 0.348. The van der Waals surface area contributed by atoms with Crippen LogP contribution in [0.25, 0.3) is 11.4 Å². The van der Waals surface area contributed by atoms with Crippen LogP contribution in [-0.4, -0.2) is 59.0 Å². The van der Waals surface area contributed by atoms with Crippen LogP contribution in [0.2, 0.25) is 0 Å². The molecule has 0 radical (unpaired) electrons. The number of thioether (sulfide) groups is 1. The van der Waals surface area contributed by atoms with E-state index in [0.717, 1.165) is 5.56 Å². The Labute approximate surface area is 208 Å². The second-order valence-electron chi connectivity index (χ2n) is 7.57. The van der Waals surface area contributed by atoms with Crippen LogP contribution in [-0.2, 0) is 21.4 Å². The number of nitrogens with zero attached hydrogens (tertiary/aromatic N) is 4. The lowest BCUT2D eigenvalue weighted by Crippen LogP contribution is -2.30. The van der Waals surface area contributed by atoms with Crippen molar-refractivity contribution in [2.45, 2.75) is 37.4 Å². The van der Waals surface area contributed by atoms with Gasteiger partial charge in [0.05, 0.1) is 10.6 Å². The van der Waals surface area contributed by atoms with E-state index in [1.165, 1.54) is 16.1 Å². The van der Waals surface area contributed by atoms with E-state index >= 15 is 0 Å². The number of hydrogen-bond acceptors (Lipinski definition) is 8. The van der Waals surface area contributed by atoms with Gasteiger partial charge < -0.3 is 19.4 Å². The number of amides is 1. The minimum absolute atomic E-state index is 0.146. The zero-order valence-corrected chi connectivity index (χ0v) is 21.4. The Kier molecular flexibility index (Phi) is 7.63. The number of hydrogen-bond donors (Lipinski definition) is 1. The van der Waals surface area contributed by atoms with Gasteiger partial charge >= 0.3 is 0 Å². The first-order valence-electron chi connectivity index (χ1n) is 11.2. The van der Waals surface area contributed by atoms with Gasteiger partial charge in [-0.1, -0.05) is 25.6 Å². The lowest BCUT2D eigenvalue weighted by atomic mass is 10.2. The van der Waals surface area contributed by atoms with Gasteiger partial charge in [0.1, 0.15) is 0 Å². The first-order chi connectivity index (χ1) is 16.9. The molecular weight excluding hydrogens is 490 g/mol. The van der Waals surface area contributed by atoms with Crippen LogP contribution in [0.3, 0.4) is 0 Å². The highest BCUT2D eigenvalue weighted by Crippen LogP contribution is 2.34. The molecule has 0 spiro atoms. The molecule has 1 N–H and O–H groups in total. The average molecular weight is 518 g/mol. The summed E-state index contributed by atoms with van der Waals surface area (Å²) in [6, 6.07) is 11.9. The van der Waals surface area contributed by atoms with Gasteiger partial charge in [0.25, 0.3) is 0 Å². The molecule has 1 amide bonds. The largest absolute Gasteiger partial charge is 0.454 e. The number of nitrogens with one attached hydrogen (secondary N) is 1. The van der Waals surface area contributed by atoms with Crippen LogP contribution in [0, 0.1) is 0 Å². The molecule has 0 aliphatic carbocycles. The first kappa shape index (κ1) is 25.0. The Hall–Kier alpha value is -3.09. The van der Waals surface area contributed by atoms with Gasteiger partial charge in [0.2, 0.25) is 22.7 Å². The van der Waals surface area contributed by atoms with Crippen molar-refractivity contribution in [3.05, 3.63) is 42.5 Å². The van der Waals surface area contributed by atoms with E-state index in [1.807, 2.05) is 25.3 Å². The number of sulfonamides is 1. The highest BCUT2D eigenvalue weighted by atomic mass is 32.2.